The number of aromatic amines is 1. The Kier molecular flexibility index (Phi) is 3.18. The maximum atomic E-state index is 11.7. The van der Waals surface area contributed by atoms with Crippen LogP contribution in [0, 0.1) is 0 Å². The van der Waals surface area contributed by atoms with Crippen LogP contribution in [0.5, 0.6) is 0 Å². The van der Waals surface area contributed by atoms with Gasteiger partial charge in [0.1, 0.15) is 11.6 Å². The highest BCUT2D eigenvalue weighted by Gasteiger charge is 2.26. The highest BCUT2D eigenvalue weighted by molar-refractivity contribution is 5.51. The zero-order valence-electron chi connectivity index (χ0n) is 11.4. The molecule has 1 unspecified atom stereocenters. The third-order valence-electron chi connectivity index (χ3n) is 3.55. The van der Waals surface area contributed by atoms with E-state index in [0.717, 1.165) is 29.9 Å². The van der Waals surface area contributed by atoms with Crippen LogP contribution in [0.4, 0.5) is 11.5 Å². The Morgan fingerprint density at radius 2 is 2.15 bits per heavy atom. The van der Waals surface area contributed by atoms with Crippen LogP contribution in [0.2, 0.25) is 0 Å². The van der Waals surface area contributed by atoms with E-state index in [2.05, 4.69) is 15.3 Å². The quantitative estimate of drug-likeness (QED) is 0.745. The van der Waals surface area contributed by atoms with Gasteiger partial charge in [0.2, 0.25) is 0 Å². The van der Waals surface area contributed by atoms with Crippen molar-refractivity contribution in [3.05, 3.63) is 52.1 Å². The number of hydrogen-bond acceptors (Lipinski definition) is 4. The Balaban J connectivity index is 1.84. The minimum atomic E-state index is -0.113. The van der Waals surface area contributed by atoms with Gasteiger partial charge in [-0.2, -0.15) is 0 Å². The Morgan fingerprint density at radius 3 is 2.85 bits per heavy atom. The van der Waals surface area contributed by atoms with Crippen LogP contribution in [0.15, 0.2) is 35.1 Å². The lowest BCUT2D eigenvalue weighted by molar-refractivity contribution is 0.850. The average Bonchev–Trinajstić information content (AvgIpc) is 3.22. The fourth-order valence-corrected chi connectivity index (χ4v) is 2.31. The van der Waals surface area contributed by atoms with Gasteiger partial charge in [-0.15, -0.1) is 0 Å². The third kappa shape index (κ3) is 2.66. The van der Waals surface area contributed by atoms with Crippen LogP contribution >= 0.6 is 0 Å². The summed E-state index contributed by atoms with van der Waals surface area (Å²) in [6.45, 7) is 2.01. The predicted molar refractivity (Wildman–Crippen MR) is 79.7 cm³/mol. The fourth-order valence-electron chi connectivity index (χ4n) is 2.31. The number of hydrogen-bond donors (Lipinski definition) is 3. The van der Waals surface area contributed by atoms with Gasteiger partial charge in [-0.05, 0) is 31.4 Å². The van der Waals surface area contributed by atoms with Gasteiger partial charge in [0.25, 0.3) is 5.56 Å². The van der Waals surface area contributed by atoms with Gasteiger partial charge in [0.15, 0.2) is 0 Å². The van der Waals surface area contributed by atoms with Crippen molar-refractivity contribution in [1.82, 2.24) is 9.97 Å². The van der Waals surface area contributed by atoms with E-state index < -0.39 is 0 Å². The van der Waals surface area contributed by atoms with Crippen molar-refractivity contribution in [2.24, 2.45) is 0 Å². The molecule has 0 aliphatic heterocycles. The SMILES string of the molecule is CC(Nc1cc(=O)[nH]c(C2CC2)n1)c1ccccc1N. The van der Waals surface area contributed by atoms with Crippen LogP contribution in [0.1, 0.15) is 43.1 Å². The van der Waals surface area contributed by atoms with Crippen molar-refractivity contribution in [3.63, 3.8) is 0 Å². The second-order valence-corrected chi connectivity index (χ2v) is 5.29. The molecule has 5 heteroatoms. The number of nitrogens with two attached hydrogens (primary N) is 1. The lowest BCUT2D eigenvalue weighted by Crippen LogP contribution is -2.16. The molecule has 1 aliphatic carbocycles. The summed E-state index contributed by atoms with van der Waals surface area (Å²) >= 11 is 0. The Morgan fingerprint density at radius 1 is 1.40 bits per heavy atom. The molecule has 0 saturated heterocycles. The van der Waals surface area contributed by atoms with E-state index in [0.29, 0.717) is 11.7 Å². The van der Waals surface area contributed by atoms with E-state index in [1.807, 2.05) is 31.2 Å². The largest absolute Gasteiger partial charge is 0.398 e. The van der Waals surface area contributed by atoms with Crippen molar-refractivity contribution < 1.29 is 0 Å². The fraction of sp³-hybridized carbons (Fsp3) is 0.333. The molecule has 1 heterocycles. The Labute approximate surface area is 117 Å². The van der Waals surface area contributed by atoms with E-state index in [9.17, 15) is 4.79 Å². The standard InChI is InChI=1S/C15H18N4O/c1-9(11-4-2-3-5-12(11)16)17-13-8-14(20)19-15(18-13)10-6-7-10/h2-5,8-10H,6-7,16H2,1H3,(H2,17,18,19,20). The van der Waals surface area contributed by atoms with Gasteiger partial charge >= 0.3 is 0 Å². The van der Waals surface area contributed by atoms with Crippen molar-refractivity contribution in [2.45, 2.75) is 31.7 Å². The molecule has 0 spiro atoms. The molecule has 1 saturated carbocycles. The van der Waals surface area contributed by atoms with Crippen molar-refractivity contribution in [1.29, 1.82) is 0 Å². The Bertz CT molecular complexity index is 676. The van der Waals surface area contributed by atoms with E-state index in [1.165, 1.54) is 6.07 Å². The van der Waals surface area contributed by atoms with Gasteiger partial charge in [0.05, 0.1) is 6.04 Å². The smallest absolute Gasteiger partial charge is 0.252 e. The topological polar surface area (TPSA) is 83.8 Å². The second-order valence-electron chi connectivity index (χ2n) is 5.29. The summed E-state index contributed by atoms with van der Waals surface area (Å²) in [4.78, 5) is 19.0. The molecule has 0 radical (unpaired) electrons. The van der Waals surface area contributed by atoms with Gasteiger partial charge < -0.3 is 16.0 Å². The van der Waals surface area contributed by atoms with Gasteiger partial charge in [-0.25, -0.2) is 4.98 Å². The van der Waals surface area contributed by atoms with Crippen molar-refractivity contribution >= 4 is 11.5 Å². The lowest BCUT2D eigenvalue weighted by Gasteiger charge is -2.17. The van der Waals surface area contributed by atoms with E-state index in [1.54, 1.807) is 0 Å². The molecule has 2 aromatic rings. The van der Waals surface area contributed by atoms with Crippen molar-refractivity contribution in [3.8, 4) is 0 Å². The number of rotatable bonds is 4. The molecule has 4 N–H and O–H groups in total. The number of nitrogen functional groups attached to an aromatic ring is 1. The Hall–Kier alpha value is -2.30. The first-order valence-corrected chi connectivity index (χ1v) is 6.85. The number of aromatic nitrogens is 2. The molecule has 0 bridgehead atoms. The summed E-state index contributed by atoms with van der Waals surface area (Å²) in [7, 11) is 0. The molecule has 20 heavy (non-hydrogen) atoms. The minimum absolute atomic E-state index is 0.00227. The van der Waals surface area contributed by atoms with Gasteiger partial charge in [-0.3, -0.25) is 4.79 Å². The first-order valence-electron chi connectivity index (χ1n) is 6.85. The second kappa shape index (κ2) is 5.00. The molecule has 104 valence electrons. The van der Waals surface area contributed by atoms with E-state index in [-0.39, 0.29) is 11.6 Å². The molecular weight excluding hydrogens is 252 g/mol. The van der Waals surface area contributed by atoms with E-state index >= 15 is 0 Å². The number of nitrogens with zero attached hydrogens (tertiary/aromatic N) is 1. The summed E-state index contributed by atoms with van der Waals surface area (Å²) < 4.78 is 0. The first kappa shape index (κ1) is 12.7. The van der Waals surface area contributed by atoms with Gasteiger partial charge in [0, 0.05) is 17.7 Å². The zero-order chi connectivity index (χ0) is 14.1. The summed E-state index contributed by atoms with van der Waals surface area (Å²) in [5, 5.41) is 3.25. The normalized spacial score (nSPS) is 15.8. The van der Waals surface area contributed by atoms with Crippen LogP contribution in [-0.2, 0) is 0 Å². The van der Waals surface area contributed by atoms with Crippen LogP contribution in [0.25, 0.3) is 0 Å². The number of para-hydroxylation sites is 1. The minimum Gasteiger partial charge on any atom is -0.398 e. The highest BCUT2D eigenvalue weighted by Crippen LogP contribution is 2.37. The number of benzene rings is 1. The first-order chi connectivity index (χ1) is 9.63. The maximum Gasteiger partial charge on any atom is 0.252 e. The summed E-state index contributed by atoms with van der Waals surface area (Å²) in [5.74, 6) is 1.81. The van der Waals surface area contributed by atoms with Crippen LogP contribution < -0.4 is 16.6 Å². The van der Waals surface area contributed by atoms with Crippen LogP contribution in [0.3, 0.4) is 0 Å². The predicted octanol–water partition coefficient (Wildman–Crippen LogP) is 2.40. The highest BCUT2D eigenvalue weighted by atomic mass is 16.1. The molecule has 3 rings (SSSR count). The number of H-pyrrole nitrogens is 1. The summed E-state index contributed by atoms with van der Waals surface area (Å²) in [6.07, 6.45) is 2.21. The lowest BCUT2D eigenvalue weighted by atomic mass is 10.1. The molecule has 1 fully saturated rings. The maximum absolute atomic E-state index is 11.7. The third-order valence-corrected chi connectivity index (χ3v) is 3.55. The monoisotopic (exact) mass is 270 g/mol. The number of anilines is 2. The molecule has 1 atom stereocenters. The van der Waals surface area contributed by atoms with Gasteiger partial charge in [-0.1, -0.05) is 18.2 Å². The molecular formula is C15H18N4O. The summed E-state index contributed by atoms with van der Waals surface area (Å²) in [5.41, 5.74) is 7.59. The zero-order valence-corrected chi connectivity index (χ0v) is 11.4. The van der Waals surface area contributed by atoms with Crippen LogP contribution in [-0.4, -0.2) is 9.97 Å². The molecule has 1 aliphatic rings. The average molecular weight is 270 g/mol. The molecule has 1 aromatic carbocycles. The van der Waals surface area contributed by atoms with Crippen molar-refractivity contribution in [2.75, 3.05) is 11.1 Å². The number of nitrogens with one attached hydrogen (secondary N) is 2. The molecule has 1 aromatic heterocycles. The molecule has 5 nitrogen and oxygen atoms in total. The molecule has 0 amide bonds. The van der Waals surface area contributed by atoms with E-state index in [4.69, 9.17) is 5.73 Å². The summed E-state index contributed by atoms with van der Waals surface area (Å²) in [6, 6.07) is 9.18.